The SMILES string of the molecule is CCCNC(=O)[C@@H](C)N(Cc1c(Cl)cccc1Cl)C(=O)CCN1C(=O)[C@H]2CC=CC[C@H]2C1=O. The summed E-state index contributed by atoms with van der Waals surface area (Å²) < 4.78 is 0. The second-order valence-corrected chi connectivity index (χ2v) is 9.24. The predicted molar refractivity (Wildman–Crippen MR) is 126 cm³/mol. The van der Waals surface area contributed by atoms with E-state index in [0.29, 0.717) is 35.0 Å². The van der Waals surface area contributed by atoms with Crippen LogP contribution >= 0.6 is 23.2 Å². The van der Waals surface area contributed by atoms with Crippen LogP contribution < -0.4 is 5.32 Å². The van der Waals surface area contributed by atoms with Crippen LogP contribution in [0.3, 0.4) is 0 Å². The molecule has 1 aliphatic carbocycles. The summed E-state index contributed by atoms with van der Waals surface area (Å²) in [7, 11) is 0. The summed E-state index contributed by atoms with van der Waals surface area (Å²) in [5.41, 5.74) is 0.537. The lowest BCUT2D eigenvalue weighted by molar-refractivity contribution is -0.143. The van der Waals surface area contributed by atoms with E-state index in [0.717, 1.165) is 6.42 Å². The van der Waals surface area contributed by atoms with Crippen LogP contribution in [0.15, 0.2) is 30.4 Å². The second kappa shape index (κ2) is 11.2. The van der Waals surface area contributed by atoms with E-state index in [9.17, 15) is 19.2 Å². The van der Waals surface area contributed by atoms with Crippen molar-refractivity contribution in [3.05, 3.63) is 46.0 Å². The number of fused-ring (bicyclic) bond motifs is 1. The van der Waals surface area contributed by atoms with Crippen molar-refractivity contribution in [1.82, 2.24) is 15.1 Å². The monoisotopic (exact) mass is 493 g/mol. The Labute approximate surface area is 204 Å². The van der Waals surface area contributed by atoms with Crippen molar-refractivity contribution in [2.75, 3.05) is 13.1 Å². The van der Waals surface area contributed by atoms with Crippen molar-refractivity contribution < 1.29 is 19.2 Å². The quantitative estimate of drug-likeness (QED) is 0.420. The predicted octanol–water partition coefficient (Wildman–Crippen LogP) is 3.58. The lowest BCUT2D eigenvalue weighted by atomic mass is 9.85. The number of imide groups is 1. The smallest absolute Gasteiger partial charge is 0.242 e. The number of hydrogen-bond donors (Lipinski definition) is 1. The van der Waals surface area contributed by atoms with E-state index in [4.69, 9.17) is 23.2 Å². The molecule has 178 valence electrons. The third kappa shape index (κ3) is 5.58. The molecule has 1 aromatic carbocycles. The zero-order valence-corrected chi connectivity index (χ0v) is 20.4. The van der Waals surface area contributed by atoms with Crippen molar-refractivity contribution in [1.29, 1.82) is 0 Å². The van der Waals surface area contributed by atoms with Crippen LogP contribution in [0.4, 0.5) is 0 Å². The maximum atomic E-state index is 13.3. The Morgan fingerprint density at radius 3 is 2.24 bits per heavy atom. The Balaban J connectivity index is 1.75. The number of carbonyl (C=O) groups excluding carboxylic acids is 4. The Kier molecular flexibility index (Phi) is 8.54. The highest BCUT2D eigenvalue weighted by Gasteiger charge is 2.47. The molecule has 1 fully saturated rings. The van der Waals surface area contributed by atoms with Gasteiger partial charge in [-0.05, 0) is 38.3 Å². The van der Waals surface area contributed by atoms with Gasteiger partial charge in [-0.25, -0.2) is 0 Å². The van der Waals surface area contributed by atoms with Gasteiger partial charge < -0.3 is 10.2 Å². The molecular formula is C24H29Cl2N3O4. The van der Waals surface area contributed by atoms with Crippen LogP contribution in [-0.4, -0.2) is 52.6 Å². The van der Waals surface area contributed by atoms with Crippen LogP contribution in [0.2, 0.25) is 10.0 Å². The normalized spacial score (nSPS) is 20.5. The lowest BCUT2D eigenvalue weighted by Gasteiger charge is -2.30. The van der Waals surface area contributed by atoms with Crippen LogP contribution in [0.25, 0.3) is 0 Å². The number of rotatable bonds is 9. The molecule has 0 spiro atoms. The number of nitrogens with zero attached hydrogens (tertiary/aromatic N) is 2. The molecule has 0 saturated carbocycles. The first-order valence-electron chi connectivity index (χ1n) is 11.3. The summed E-state index contributed by atoms with van der Waals surface area (Å²) in [6.07, 6.45) is 5.62. The van der Waals surface area contributed by atoms with Crippen molar-refractivity contribution >= 4 is 46.8 Å². The molecule has 3 atom stereocenters. The van der Waals surface area contributed by atoms with E-state index in [2.05, 4.69) is 5.32 Å². The third-order valence-corrected chi connectivity index (χ3v) is 6.96. The first-order chi connectivity index (χ1) is 15.8. The molecular weight excluding hydrogens is 465 g/mol. The maximum absolute atomic E-state index is 13.3. The molecule has 3 rings (SSSR count). The largest absolute Gasteiger partial charge is 0.354 e. The lowest BCUT2D eigenvalue weighted by Crippen LogP contribution is -2.48. The van der Waals surface area contributed by atoms with E-state index in [-0.39, 0.29) is 55.0 Å². The van der Waals surface area contributed by atoms with Crippen molar-refractivity contribution in [3.8, 4) is 0 Å². The van der Waals surface area contributed by atoms with Gasteiger partial charge in [0.05, 0.1) is 11.8 Å². The summed E-state index contributed by atoms with van der Waals surface area (Å²) in [5.74, 6) is -1.78. The van der Waals surface area contributed by atoms with Crippen LogP contribution in [0.5, 0.6) is 0 Å². The van der Waals surface area contributed by atoms with Gasteiger partial charge in [-0.3, -0.25) is 24.1 Å². The van der Waals surface area contributed by atoms with Gasteiger partial charge in [0.25, 0.3) is 0 Å². The van der Waals surface area contributed by atoms with Crippen molar-refractivity contribution in [2.24, 2.45) is 11.8 Å². The van der Waals surface area contributed by atoms with E-state index < -0.39 is 6.04 Å². The first-order valence-corrected chi connectivity index (χ1v) is 12.0. The third-order valence-electron chi connectivity index (χ3n) is 6.25. The highest BCUT2D eigenvalue weighted by atomic mass is 35.5. The molecule has 2 aliphatic rings. The number of likely N-dealkylation sites (tertiary alicyclic amines) is 1. The molecule has 0 bridgehead atoms. The number of hydrogen-bond acceptors (Lipinski definition) is 4. The molecule has 1 saturated heterocycles. The van der Waals surface area contributed by atoms with Gasteiger partial charge in [-0.1, -0.05) is 48.3 Å². The number of benzene rings is 1. The average Bonchev–Trinajstić information content (AvgIpc) is 3.05. The zero-order valence-electron chi connectivity index (χ0n) is 18.9. The fourth-order valence-electron chi connectivity index (χ4n) is 4.27. The van der Waals surface area contributed by atoms with Crippen molar-refractivity contribution in [2.45, 2.75) is 52.1 Å². The minimum Gasteiger partial charge on any atom is -0.354 e. The number of amides is 4. The molecule has 0 unspecified atom stereocenters. The first kappa shape index (κ1) is 25.2. The van der Waals surface area contributed by atoms with Gasteiger partial charge in [-0.2, -0.15) is 0 Å². The van der Waals surface area contributed by atoms with Crippen LogP contribution in [0.1, 0.15) is 45.1 Å². The van der Waals surface area contributed by atoms with E-state index in [1.165, 1.54) is 9.80 Å². The molecule has 0 aromatic heterocycles. The van der Waals surface area contributed by atoms with Gasteiger partial charge >= 0.3 is 0 Å². The Bertz CT molecular complexity index is 919. The summed E-state index contributed by atoms with van der Waals surface area (Å²) >= 11 is 12.6. The summed E-state index contributed by atoms with van der Waals surface area (Å²) in [6.45, 7) is 4.09. The summed E-state index contributed by atoms with van der Waals surface area (Å²) in [6, 6.07) is 4.26. The fourth-order valence-corrected chi connectivity index (χ4v) is 4.79. The van der Waals surface area contributed by atoms with Gasteiger partial charge in [0.15, 0.2) is 0 Å². The standard InChI is InChI=1S/C24H29Cl2N3O4/c1-3-12-27-22(31)15(2)29(14-18-19(25)9-6-10-20(18)26)21(30)11-13-28-23(32)16-7-4-5-8-17(16)24(28)33/h4-6,9-10,15-17H,3,7-8,11-14H2,1-2H3,(H,27,31)/t15-,16-,17+/m1/s1. The summed E-state index contributed by atoms with van der Waals surface area (Å²) in [4.78, 5) is 54.0. The molecule has 1 aromatic rings. The van der Waals surface area contributed by atoms with E-state index in [1.807, 2.05) is 19.1 Å². The number of nitrogens with one attached hydrogen (secondary N) is 1. The Morgan fingerprint density at radius 1 is 1.12 bits per heavy atom. The molecule has 7 nitrogen and oxygen atoms in total. The average molecular weight is 494 g/mol. The fraction of sp³-hybridized carbons (Fsp3) is 0.500. The molecule has 33 heavy (non-hydrogen) atoms. The second-order valence-electron chi connectivity index (χ2n) is 8.42. The van der Waals surface area contributed by atoms with Gasteiger partial charge in [0.2, 0.25) is 23.6 Å². The van der Waals surface area contributed by atoms with E-state index >= 15 is 0 Å². The minimum atomic E-state index is -0.784. The molecule has 0 radical (unpaired) electrons. The van der Waals surface area contributed by atoms with Gasteiger partial charge in [0, 0.05) is 41.7 Å². The zero-order chi connectivity index (χ0) is 24.1. The highest BCUT2D eigenvalue weighted by molar-refractivity contribution is 6.36. The highest BCUT2D eigenvalue weighted by Crippen LogP contribution is 2.35. The van der Waals surface area contributed by atoms with Gasteiger partial charge in [-0.15, -0.1) is 0 Å². The summed E-state index contributed by atoms with van der Waals surface area (Å²) in [5, 5.41) is 3.59. The molecule has 9 heteroatoms. The van der Waals surface area contributed by atoms with Crippen LogP contribution in [0, 0.1) is 11.8 Å². The molecule has 1 heterocycles. The number of carbonyl (C=O) groups is 4. The number of halogens is 2. The van der Waals surface area contributed by atoms with Crippen molar-refractivity contribution in [3.63, 3.8) is 0 Å². The topological polar surface area (TPSA) is 86.8 Å². The number of allylic oxidation sites excluding steroid dienone is 2. The minimum absolute atomic E-state index is 0.0143. The Morgan fingerprint density at radius 2 is 1.70 bits per heavy atom. The Hall–Kier alpha value is -2.38. The van der Waals surface area contributed by atoms with Crippen LogP contribution in [-0.2, 0) is 25.7 Å². The molecule has 4 amide bonds. The maximum Gasteiger partial charge on any atom is 0.242 e. The molecule has 1 N–H and O–H groups in total. The van der Waals surface area contributed by atoms with Gasteiger partial charge in [0.1, 0.15) is 6.04 Å². The molecule has 1 aliphatic heterocycles. The van der Waals surface area contributed by atoms with E-state index in [1.54, 1.807) is 25.1 Å².